The zero-order chi connectivity index (χ0) is 34.9. The number of carbonyl (C=O) groups is 1. The molecule has 18 heteroatoms. The Bertz CT molecular complexity index is 1730. The van der Waals surface area contributed by atoms with Crippen LogP contribution in [-0.4, -0.2) is 81.2 Å². The maximum Gasteiger partial charge on any atom is 0.294 e. The molecule has 0 unspecified atom stereocenters. The second-order valence-electron chi connectivity index (χ2n) is 9.37. The van der Waals surface area contributed by atoms with Crippen molar-refractivity contribution < 1.29 is 46.8 Å². The lowest BCUT2D eigenvalue weighted by atomic mass is 10.2. The van der Waals surface area contributed by atoms with Gasteiger partial charge >= 0.3 is 0 Å². The highest BCUT2D eigenvalue weighted by molar-refractivity contribution is 7.92. The molecule has 0 bridgehead atoms. The largest absolute Gasteiger partial charge is 0.493 e. The molecule has 0 atom stereocenters. The maximum absolute atomic E-state index is 13.8. The third-order valence-electron chi connectivity index (χ3n) is 6.07. The van der Waals surface area contributed by atoms with Gasteiger partial charge in [0.2, 0.25) is 5.75 Å². The minimum Gasteiger partial charge on any atom is -0.493 e. The van der Waals surface area contributed by atoms with Gasteiger partial charge in [0.25, 0.3) is 27.5 Å². The molecule has 0 aliphatic heterocycles. The Balaban J connectivity index is 0.000000488. The van der Waals surface area contributed by atoms with Gasteiger partial charge in [-0.05, 0) is 55.7 Å². The molecule has 1 aromatic carbocycles. The van der Waals surface area contributed by atoms with Gasteiger partial charge in [-0.1, -0.05) is 18.2 Å². The number of hydrogen-bond acceptors (Lipinski definition) is 15. The number of carbonyl (C=O) groups excluding carboxylic acids is 1. The van der Waals surface area contributed by atoms with E-state index in [-0.39, 0.29) is 41.5 Å². The third-order valence-corrected chi connectivity index (χ3v) is 7.70. The van der Waals surface area contributed by atoms with Gasteiger partial charge in [-0.2, -0.15) is 13.4 Å². The number of unbranched alkanes of at least 4 members (excludes halogenated alkanes) is 1. The molecule has 0 N–H and O–H groups in total. The molecule has 0 radical (unpaired) electrons. The summed E-state index contributed by atoms with van der Waals surface area (Å²) in [5.41, 5.74) is 1.39. The standard InChI is InChI=1S/C25H25N5O6S.C5H9NO5/c1-17-9-10-21(27-15-17)37(31,32)30(16-33-2)24-22(36-20-8-6-5-7-19(20)34-3)25(35-4)29-23(28-24)18-11-13-26-14-12-18;7-5-10-3-1-2-4-11-6(8)9/h5-15H,16H2,1-4H3;5H,1-4H2. The van der Waals surface area contributed by atoms with Crippen molar-refractivity contribution in [2.45, 2.75) is 24.8 Å². The topological polar surface area (TPSA) is 205 Å². The summed E-state index contributed by atoms with van der Waals surface area (Å²) in [7, 11) is 0.000667. The number of pyridine rings is 2. The Hall–Kier alpha value is -5.62. The Morgan fingerprint density at radius 1 is 0.938 bits per heavy atom. The number of ether oxygens (including phenoxy) is 5. The monoisotopic (exact) mass is 686 g/mol. The van der Waals surface area contributed by atoms with Crippen LogP contribution < -0.4 is 18.5 Å². The Labute approximate surface area is 276 Å². The van der Waals surface area contributed by atoms with Crippen LogP contribution in [0.3, 0.4) is 0 Å². The van der Waals surface area contributed by atoms with Gasteiger partial charge in [-0.3, -0.25) is 9.78 Å². The number of aryl methyl sites for hydroxylation is 1. The van der Waals surface area contributed by atoms with Crippen molar-refractivity contribution >= 4 is 22.3 Å². The first-order valence-electron chi connectivity index (χ1n) is 14.1. The van der Waals surface area contributed by atoms with Gasteiger partial charge in [0.1, 0.15) is 6.73 Å². The van der Waals surface area contributed by atoms with Crippen LogP contribution in [0.1, 0.15) is 18.4 Å². The Morgan fingerprint density at radius 2 is 1.65 bits per heavy atom. The zero-order valence-corrected chi connectivity index (χ0v) is 27.4. The summed E-state index contributed by atoms with van der Waals surface area (Å²) in [5, 5.41) is 8.54. The molecule has 256 valence electrons. The smallest absolute Gasteiger partial charge is 0.294 e. The van der Waals surface area contributed by atoms with Crippen LogP contribution in [0.4, 0.5) is 5.82 Å². The second-order valence-corrected chi connectivity index (χ2v) is 11.2. The fraction of sp³-hybridized carbons (Fsp3) is 0.300. The number of nitrogens with zero attached hydrogens (tertiary/aromatic N) is 6. The van der Waals surface area contributed by atoms with E-state index >= 15 is 0 Å². The number of sulfonamides is 1. The van der Waals surface area contributed by atoms with Gasteiger partial charge in [-0.25, -0.2) is 14.3 Å². The number of para-hydroxylation sites is 2. The number of anilines is 1. The quantitative estimate of drug-likeness (QED) is 0.0506. The van der Waals surface area contributed by atoms with Crippen LogP contribution in [0.15, 0.2) is 72.1 Å². The Kier molecular flexibility index (Phi) is 14.2. The summed E-state index contributed by atoms with van der Waals surface area (Å²) in [6.45, 7) is 2.09. The van der Waals surface area contributed by atoms with Crippen molar-refractivity contribution in [3.63, 3.8) is 0 Å². The molecule has 4 aromatic rings. The van der Waals surface area contributed by atoms with Gasteiger partial charge in [0, 0.05) is 31.3 Å². The van der Waals surface area contributed by atoms with E-state index in [9.17, 15) is 23.3 Å². The summed E-state index contributed by atoms with van der Waals surface area (Å²) >= 11 is 0. The minimum absolute atomic E-state index is 0.00381. The predicted octanol–water partition coefficient (Wildman–Crippen LogP) is 4.00. The van der Waals surface area contributed by atoms with E-state index in [1.807, 2.05) is 6.92 Å². The van der Waals surface area contributed by atoms with E-state index in [1.54, 1.807) is 54.9 Å². The fourth-order valence-corrected chi connectivity index (χ4v) is 5.06. The molecule has 4 rings (SSSR count). The zero-order valence-electron chi connectivity index (χ0n) is 26.5. The lowest BCUT2D eigenvalue weighted by Crippen LogP contribution is -2.34. The normalized spacial score (nSPS) is 10.6. The van der Waals surface area contributed by atoms with Crippen molar-refractivity contribution in [2.75, 3.05) is 45.6 Å². The molecule has 0 amide bonds. The van der Waals surface area contributed by atoms with Crippen LogP contribution in [0.25, 0.3) is 11.4 Å². The summed E-state index contributed by atoms with van der Waals surface area (Å²) in [4.78, 5) is 40.4. The molecule has 3 aromatic heterocycles. The van der Waals surface area contributed by atoms with Crippen LogP contribution >= 0.6 is 0 Å². The van der Waals surface area contributed by atoms with Crippen molar-refractivity contribution in [1.82, 2.24) is 19.9 Å². The van der Waals surface area contributed by atoms with Crippen LogP contribution in [0.2, 0.25) is 0 Å². The van der Waals surface area contributed by atoms with Gasteiger partial charge < -0.3 is 28.5 Å². The highest BCUT2D eigenvalue weighted by atomic mass is 32.2. The molecule has 0 aliphatic rings. The first kappa shape index (κ1) is 36.8. The third kappa shape index (κ3) is 10.2. The number of benzene rings is 1. The molecular formula is C30H34N6O11S. The molecule has 0 aliphatic carbocycles. The van der Waals surface area contributed by atoms with E-state index < -0.39 is 21.8 Å². The highest BCUT2D eigenvalue weighted by Gasteiger charge is 2.33. The van der Waals surface area contributed by atoms with Gasteiger partial charge in [0.05, 0.1) is 27.4 Å². The predicted molar refractivity (Wildman–Crippen MR) is 170 cm³/mol. The van der Waals surface area contributed by atoms with Crippen molar-refractivity contribution in [1.29, 1.82) is 0 Å². The molecule has 48 heavy (non-hydrogen) atoms. The number of hydrogen-bond donors (Lipinski definition) is 0. The highest BCUT2D eigenvalue weighted by Crippen LogP contribution is 2.43. The SMILES string of the molecule is COCN(c1nc(-c2ccncc2)nc(OC)c1Oc1ccccc1OC)S(=O)(=O)c1ccc(C)cn1.O=COCCCCO[N+](=O)[O-]. The van der Waals surface area contributed by atoms with E-state index in [1.165, 1.54) is 33.6 Å². The molecule has 0 fully saturated rings. The number of aromatic nitrogens is 4. The molecule has 3 heterocycles. The second kappa shape index (κ2) is 18.5. The van der Waals surface area contributed by atoms with Gasteiger partial charge in [-0.15, -0.1) is 10.1 Å². The first-order chi connectivity index (χ1) is 23.2. The minimum atomic E-state index is -4.26. The van der Waals surface area contributed by atoms with E-state index in [0.717, 1.165) is 9.87 Å². The molecule has 0 saturated carbocycles. The number of rotatable bonds is 17. The van der Waals surface area contributed by atoms with Crippen LogP contribution in [0.5, 0.6) is 23.1 Å². The van der Waals surface area contributed by atoms with Crippen LogP contribution in [-0.2, 0) is 29.1 Å². The van der Waals surface area contributed by atoms with Crippen LogP contribution in [0, 0.1) is 17.0 Å². The first-order valence-corrected chi connectivity index (χ1v) is 15.5. The average molecular weight is 687 g/mol. The summed E-state index contributed by atoms with van der Waals surface area (Å²) in [6.07, 6.45) is 5.70. The van der Waals surface area contributed by atoms with Crippen molar-refractivity contribution in [2.24, 2.45) is 0 Å². The summed E-state index contributed by atoms with van der Waals surface area (Å²) < 4.78 is 55.3. The summed E-state index contributed by atoms with van der Waals surface area (Å²) in [5.74, 6) is 0.722. The maximum atomic E-state index is 13.8. The molecular weight excluding hydrogens is 652 g/mol. The van der Waals surface area contributed by atoms with Crippen molar-refractivity contribution in [3.05, 3.63) is 82.8 Å². The van der Waals surface area contributed by atoms with Gasteiger partial charge in [0.15, 0.2) is 28.2 Å². The molecule has 0 spiro atoms. The molecule has 0 saturated heterocycles. The lowest BCUT2D eigenvalue weighted by Gasteiger charge is -2.25. The molecule has 17 nitrogen and oxygen atoms in total. The van der Waals surface area contributed by atoms with E-state index in [2.05, 4.69) is 29.5 Å². The van der Waals surface area contributed by atoms with E-state index in [0.29, 0.717) is 36.4 Å². The number of methoxy groups -OCH3 is 3. The van der Waals surface area contributed by atoms with E-state index in [4.69, 9.17) is 18.9 Å². The van der Waals surface area contributed by atoms with Crippen molar-refractivity contribution in [3.8, 4) is 34.5 Å². The fourth-order valence-electron chi connectivity index (χ4n) is 3.81. The summed E-state index contributed by atoms with van der Waals surface area (Å²) in [6, 6.07) is 13.3. The lowest BCUT2D eigenvalue weighted by molar-refractivity contribution is -0.757. The Morgan fingerprint density at radius 3 is 2.25 bits per heavy atom. The average Bonchev–Trinajstić information content (AvgIpc) is 3.09.